The van der Waals surface area contributed by atoms with Crippen molar-refractivity contribution in [1.82, 2.24) is 10.2 Å². The molecule has 7 nitrogen and oxygen atoms in total. The number of rotatable bonds is 6. The molecule has 2 heterocycles. The molecule has 0 aromatic heterocycles. The van der Waals surface area contributed by atoms with Gasteiger partial charge in [0, 0.05) is 41.2 Å². The van der Waals surface area contributed by atoms with Crippen LogP contribution in [0.5, 0.6) is 5.75 Å². The Morgan fingerprint density at radius 3 is 2.54 bits per heavy atom. The molecule has 2 N–H and O–H groups in total. The fourth-order valence-corrected chi connectivity index (χ4v) is 5.12. The van der Waals surface area contributed by atoms with E-state index >= 15 is 0 Å². The van der Waals surface area contributed by atoms with E-state index in [-0.39, 0.29) is 57.8 Å². The van der Waals surface area contributed by atoms with Crippen molar-refractivity contribution < 1.29 is 41.1 Å². The molecule has 214 valence electrons. The summed E-state index contributed by atoms with van der Waals surface area (Å²) < 4.78 is 73.8. The van der Waals surface area contributed by atoms with Crippen LogP contribution in [0.3, 0.4) is 0 Å². The van der Waals surface area contributed by atoms with Crippen LogP contribution in [0, 0.1) is 11.6 Å². The highest BCUT2D eigenvalue weighted by molar-refractivity contribution is 6.31. The van der Waals surface area contributed by atoms with Crippen molar-refractivity contribution in [2.45, 2.75) is 31.1 Å². The van der Waals surface area contributed by atoms with Gasteiger partial charge in [-0.15, -0.1) is 0 Å². The number of hydrogen-bond acceptors (Lipinski definition) is 4. The maximum atomic E-state index is 14.1. The lowest BCUT2D eigenvalue weighted by Crippen LogP contribution is -2.33. The van der Waals surface area contributed by atoms with Crippen LogP contribution < -0.4 is 15.4 Å². The summed E-state index contributed by atoms with van der Waals surface area (Å²) in [6, 6.07) is 6.38. The number of nitrogens with one attached hydrogen (secondary N) is 2. The van der Waals surface area contributed by atoms with Gasteiger partial charge in [0.25, 0.3) is 11.8 Å². The minimum absolute atomic E-state index is 0.0363. The number of anilines is 1. The Balaban J connectivity index is 1.55. The minimum Gasteiger partial charge on any atom is -0.491 e. The first-order chi connectivity index (χ1) is 19.3. The molecule has 0 spiro atoms. The van der Waals surface area contributed by atoms with Crippen LogP contribution in [0.4, 0.5) is 27.6 Å². The topological polar surface area (TPSA) is 87.7 Å². The van der Waals surface area contributed by atoms with E-state index in [0.717, 1.165) is 12.1 Å². The van der Waals surface area contributed by atoms with Gasteiger partial charge in [-0.1, -0.05) is 11.6 Å². The Morgan fingerprint density at radius 2 is 1.85 bits per heavy atom. The summed E-state index contributed by atoms with van der Waals surface area (Å²) >= 11 is 6.29. The fraction of sp³-hybridized carbons (Fsp3) is 0.250. The SMILES string of the molecule is CN1C(=O)CCC1COc1cc(NC(=O)c2cc(F)cc(C(F)(F)F)c2)c2c(c1)C(=O)NC2c1cc(F)ccc1Cl. The second-order valence-electron chi connectivity index (χ2n) is 9.69. The van der Waals surface area contributed by atoms with Gasteiger partial charge in [-0.2, -0.15) is 13.2 Å². The quantitative estimate of drug-likeness (QED) is 0.358. The summed E-state index contributed by atoms with van der Waals surface area (Å²) in [6.07, 6.45) is -4.01. The highest BCUT2D eigenvalue weighted by atomic mass is 35.5. The second-order valence-corrected chi connectivity index (χ2v) is 10.1. The molecular formula is C28H21ClF5N3O4. The zero-order valence-electron chi connectivity index (χ0n) is 21.2. The molecule has 0 aliphatic carbocycles. The summed E-state index contributed by atoms with van der Waals surface area (Å²) in [6.45, 7) is 0.0635. The third-order valence-electron chi connectivity index (χ3n) is 7.04. The normalized spacial score (nSPS) is 18.4. The van der Waals surface area contributed by atoms with Gasteiger partial charge in [-0.3, -0.25) is 14.4 Å². The number of halogens is 6. The van der Waals surface area contributed by atoms with Crippen molar-refractivity contribution in [2.24, 2.45) is 0 Å². The van der Waals surface area contributed by atoms with Gasteiger partial charge in [-0.05, 0) is 48.9 Å². The van der Waals surface area contributed by atoms with Crippen molar-refractivity contribution in [3.05, 3.63) is 93.0 Å². The van der Waals surface area contributed by atoms with Crippen LogP contribution in [0.1, 0.15) is 56.3 Å². The molecule has 0 bridgehead atoms. The molecule has 1 saturated heterocycles. The monoisotopic (exact) mass is 593 g/mol. The smallest absolute Gasteiger partial charge is 0.416 e. The van der Waals surface area contributed by atoms with Gasteiger partial charge in [0.15, 0.2) is 0 Å². The van der Waals surface area contributed by atoms with E-state index in [0.29, 0.717) is 25.0 Å². The van der Waals surface area contributed by atoms with Crippen LogP contribution >= 0.6 is 11.6 Å². The molecule has 3 amide bonds. The Labute approximate surface area is 235 Å². The highest BCUT2D eigenvalue weighted by Gasteiger charge is 2.36. The largest absolute Gasteiger partial charge is 0.491 e. The average molecular weight is 594 g/mol. The number of hydrogen-bond donors (Lipinski definition) is 2. The second kappa shape index (κ2) is 10.7. The Bertz CT molecular complexity index is 1580. The Hall–Kier alpha value is -4.19. The molecule has 41 heavy (non-hydrogen) atoms. The van der Waals surface area contributed by atoms with E-state index in [4.69, 9.17) is 16.3 Å². The van der Waals surface area contributed by atoms with E-state index in [1.54, 1.807) is 7.05 Å². The standard InChI is InChI=1S/C28H21ClF5N3O4/c1-37-17(3-5-23(37)38)12-41-18-10-20-24(25(36-27(20)40)19-9-15(30)2-4-21(19)29)22(11-18)35-26(39)13-6-14(28(32,33)34)8-16(31)7-13/h2,4,6-11,17,25H,3,5,12H2,1H3,(H,35,39)(H,36,40). The third-order valence-corrected chi connectivity index (χ3v) is 7.39. The van der Waals surface area contributed by atoms with E-state index in [1.165, 1.54) is 23.1 Å². The first kappa shape index (κ1) is 28.3. The maximum absolute atomic E-state index is 14.1. The first-order valence-electron chi connectivity index (χ1n) is 12.3. The van der Waals surface area contributed by atoms with Crippen LogP contribution in [-0.4, -0.2) is 42.3 Å². The van der Waals surface area contributed by atoms with Crippen LogP contribution in [0.15, 0.2) is 48.5 Å². The van der Waals surface area contributed by atoms with Gasteiger partial charge in [0.2, 0.25) is 5.91 Å². The predicted molar refractivity (Wildman–Crippen MR) is 138 cm³/mol. The lowest BCUT2D eigenvalue weighted by atomic mass is 9.95. The summed E-state index contributed by atoms with van der Waals surface area (Å²) in [4.78, 5) is 39.5. The molecule has 2 aliphatic rings. The minimum atomic E-state index is -4.91. The Morgan fingerprint density at radius 1 is 1.10 bits per heavy atom. The number of alkyl halides is 3. The van der Waals surface area contributed by atoms with Crippen molar-refractivity contribution in [2.75, 3.05) is 19.0 Å². The van der Waals surface area contributed by atoms with Gasteiger partial charge >= 0.3 is 6.18 Å². The lowest BCUT2D eigenvalue weighted by Gasteiger charge is -2.22. The molecule has 3 aromatic rings. The molecular weight excluding hydrogens is 573 g/mol. The fourth-order valence-electron chi connectivity index (χ4n) is 4.89. The van der Waals surface area contributed by atoms with Crippen LogP contribution in [0.25, 0.3) is 0 Å². The molecule has 2 atom stereocenters. The average Bonchev–Trinajstić information content (AvgIpc) is 3.41. The Kier molecular flexibility index (Phi) is 7.37. The molecule has 0 saturated carbocycles. The molecule has 1 fully saturated rings. The van der Waals surface area contributed by atoms with Crippen molar-refractivity contribution in [1.29, 1.82) is 0 Å². The van der Waals surface area contributed by atoms with Crippen molar-refractivity contribution in [3.8, 4) is 5.75 Å². The number of amides is 3. The number of fused-ring (bicyclic) bond motifs is 1. The van der Waals surface area contributed by atoms with Crippen LogP contribution in [0.2, 0.25) is 5.02 Å². The number of benzene rings is 3. The number of likely N-dealkylation sites (tertiary alicyclic amines) is 1. The number of likely N-dealkylation sites (N-methyl/N-ethyl adjacent to an activating group) is 1. The van der Waals surface area contributed by atoms with E-state index in [1.807, 2.05) is 0 Å². The lowest BCUT2D eigenvalue weighted by molar-refractivity contribution is -0.137. The highest BCUT2D eigenvalue weighted by Crippen LogP contribution is 2.42. The van der Waals surface area contributed by atoms with E-state index in [2.05, 4.69) is 10.6 Å². The molecule has 5 rings (SSSR count). The molecule has 2 aliphatic heterocycles. The molecule has 3 aromatic carbocycles. The van der Waals surface area contributed by atoms with E-state index < -0.39 is 46.8 Å². The number of carbonyl (C=O) groups is 3. The number of carbonyl (C=O) groups excluding carboxylic acids is 3. The first-order valence-corrected chi connectivity index (χ1v) is 12.7. The molecule has 13 heteroatoms. The van der Waals surface area contributed by atoms with Gasteiger partial charge in [0.1, 0.15) is 24.0 Å². The van der Waals surface area contributed by atoms with Crippen molar-refractivity contribution in [3.63, 3.8) is 0 Å². The predicted octanol–water partition coefficient (Wildman–Crippen LogP) is 5.72. The number of ether oxygens (including phenoxy) is 1. The zero-order valence-corrected chi connectivity index (χ0v) is 22.0. The summed E-state index contributed by atoms with van der Waals surface area (Å²) in [5.41, 5.74) is -1.68. The zero-order chi connectivity index (χ0) is 29.6. The van der Waals surface area contributed by atoms with Gasteiger partial charge in [0.05, 0.1) is 28.9 Å². The van der Waals surface area contributed by atoms with E-state index in [9.17, 15) is 36.3 Å². The summed E-state index contributed by atoms with van der Waals surface area (Å²) in [7, 11) is 1.63. The summed E-state index contributed by atoms with van der Waals surface area (Å²) in [5.74, 6) is -3.56. The summed E-state index contributed by atoms with van der Waals surface area (Å²) in [5, 5.41) is 5.24. The third kappa shape index (κ3) is 5.69. The maximum Gasteiger partial charge on any atom is 0.416 e. The molecule has 2 unspecified atom stereocenters. The van der Waals surface area contributed by atoms with Crippen molar-refractivity contribution >= 4 is 35.0 Å². The number of nitrogens with zero attached hydrogens (tertiary/aromatic N) is 1. The van der Waals surface area contributed by atoms with Gasteiger partial charge in [-0.25, -0.2) is 8.78 Å². The van der Waals surface area contributed by atoms with Crippen LogP contribution in [-0.2, 0) is 11.0 Å². The van der Waals surface area contributed by atoms with Gasteiger partial charge < -0.3 is 20.3 Å². The molecule has 0 radical (unpaired) electrons.